The summed E-state index contributed by atoms with van der Waals surface area (Å²) in [5.74, 6) is -5.05. The molecule has 4 aromatic rings. The molecule has 0 spiro atoms. The van der Waals surface area contributed by atoms with Gasteiger partial charge >= 0.3 is 0 Å². The number of imide groups is 2. The average Bonchev–Trinajstić information content (AvgIpc) is 3.53. The third-order valence-electron chi connectivity index (χ3n) is 11.2. The number of carbonyl (C=O) groups excluding carboxylic acids is 4. The number of hydrazine groups is 1. The number of carbonyl (C=O) groups is 4. The molecule has 264 valence electrons. The van der Waals surface area contributed by atoms with E-state index in [4.69, 9.17) is 4.74 Å². The average molecular weight is 937 g/mol. The molecule has 4 aromatic carbocycles. The predicted molar refractivity (Wildman–Crippen MR) is 211 cm³/mol. The minimum atomic E-state index is -1.48. The summed E-state index contributed by atoms with van der Waals surface area (Å²) in [5, 5.41) is 12.1. The minimum Gasteiger partial charge on any atom is -0.503 e. The first-order chi connectivity index (χ1) is 25.0. The number of allylic oxidation sites excluding steroid dienone is 2. The molecule has 2 saturated heterocycles. The van der Waals surface area contributed by atoms with E-state index in [-0.39, 0.29) is 36.2 Å². The molecular weight excluding hydrogens is 905 g/mol. The Hall–Kier alpha value is -4.01. The van der Waals surface area contributed by atoms with Crippen LogP contribution < -0.4 is 15.1 Å². The van der Waals surface area contributed by atoms with Crippen molar-refractivity contribution in [3.8, 4) is 11.5 Å². The van der Waals surface area contributed by atoms with Gasteiger partial charge in [0.25, 0.3) is 11.8 Å². The van der Waals surface area contributed by atoms with E-state index in [1.54, 1.807) is 18.2 Å². The lowest BCUT2D eigenvalue weighted by atomic mass is 9.49. The Morgan fingerprint density at radius 1 is 0.885 bits per heavy atom. The van der Waals surface area contributed by atoms with Crippen molar-refractivity contribution in [1.82, 2.24) is 5.01 Å². The summed E-state index contributed by atoms with van der Waals surface area (Å²) in [4.78, 5) is 60.2. The van der Waals surface area contributed by atoms with Crippen LogP contribution >= 0.6 is 54.5 Å². The maximum atomic E-state index is 15.4. The molecule has 6 unspecified atom stereocenters. The molecule has 12 heteroatoms. The number of halogens is 3. The van der Waals surface area contributed by atoms with Gasteiger partial charge in [0.15, 0.2) is 11.5 Å². The van der Waals surface area contributed by atoms with Gasteiger partial charge in [0.1, 0.15) is 0 Å². The Bertz CT molecular complexity index is 2200. The number of methoxy groups -OCH3 is 1. The molecule has 9 nitrogen and oxygen atoms in total. The van der Waals surface area contributed by atoms with Crippen molar-refractivity contribution in [1.29, 1.82) is 0 Å². The second-order valence-corrected chi connectivity index (χ2v) is 16.6. The van der Waals surface area contributed by atoms with Crippen LogP contribution in [0.3, 0.4) is 0 Å². The van der Waals surface area contributed by atoms with Gasteiger partial charge in [-0.15, -0.1) is 0 Å². The van der Waals surface area contributed by atoms with Crippen molar-refractivity contribution in [3.63, 3.8) is 0 Å². The molecule has 2 heterocycles. The lowest BCUT2D eigenvalue weighted by Crippen LogP contribution is -2.53. The maximum absolute atomic E-state index is 15.4. The number of aryl methyl sites for hydroxylation is 1. The molecule has 2 aliphatic carbocycles. The number of nitrogens with zero attached hydrogens (tertiary/aromatic N) is 2. The van der Waals surface area contributed by atoms with Gasteiger partial charge in [-0.05, 0) is 134 Å². The van der Waals surface area contributed by atoms with Gasteiger partial charge in [-0.2, -0.15) is 5.01 Å². The second kappa shape index (κ2) is 13.1. The lowest BCUT2D eigenvalue weighted by Gasteiger charge is -2.51. The van der Waals surface area contributed by atoms with Crippen molar-refractivity contribution < 1.29 is 29.0 Å². The SMILES string of the molecule is COc1cc(C2C3=CCC4C(=O)N(c5ccc(I)cc5)C(=O)C4C3CC3C(=O)N(Nc4ccc(C)cc4)C(=O)C32c2ccccc2)c(Br)c(Br)c1O. The number of hydrogen-bond acceptors (Lipinski definition) is 7. The largest absolute Gasteiger partial charge is 0.503 e. The van der Waals surface area contributed by atoms with Gasteiger partial charge in [-0.1, -0.05) is 59.7 Å². The fraction of sp³-hybridized carbons (Fsp3) is 0.250. The van der Waals surface area contributed by atoms with Crippen LogP contribution in [-0.4, -0.2) is 40.9 Å². The van der Waals surface area contributed by atoms with Crippen molar-refractivity contribution in [2.75, 3.05) is 17.4 Å². The molecule has 2 aliphatic heterocycles. The first-order valence-corrected chi connectivity index (χ1v) is 19.5. The number of amides is 4. The molecule has 4 aliphatic rings. The number of hydrogen-bond donors (Lipinski definition) is 2. The van der Waals surface area contributed by atoms with Crippen molar-refractivity contribution in [2.45, 2.75) is 31.1 Å². The number of fused-ring (bicyclic) bond motifs is 4. The highest BCUT2D eigenvalue weighted by Crippen LogP contribution is 2.65. The predicted octanol–water partition coefficient (Wildman–Crippen LogP) is 8.03. The van der Waals surface area contributed by atoms with Crippen molar-refractivity contribution >= 4 is 89.5 Å². The lowest BCUT2D eigenvalue weighted by molar-refractivity contribution is -0.138. The highest BCUT2D eigenvalue weighted by Gasteiger charge is 2.70. The molecule has 6 atom stereocenters. The molecule has 4 amide bonds. The quantitative estimate of drug-likeness (QED) is 0.114. The third kappa shape index (κ3) is 5.11. The highest BCUT2D eigenvalue weighted by molar-refractivity contribution is 14.1. The standard InChI is InChI=1S/C40H32Br2IN3O6/c1-20-8-12-23(13-9-20)44-46-37(49)29-18-27-25(16-17-26-31(27)38(50)45(36(26)48)24-14-10-22(43)11-15-24)32(28-19-30(52-2)35(47)34(42)33(28)41)40(29,39(46)51)21-6-4-3-5-7-21/h3-16,19,26-27,29,31-32,44,47H,17-18H2,1-2H3. The minimum absolute atomic E-state index is 0.130. The van der Waals surface area contributed by atoms with Crippen LogP contribution in [-0.2, 0) is 24.6 Å². The van der Waals surface area contributed by atoms with Gasteiger partial charge in [0, 0.05) is 14.0 Å². The van der Waals surface area contributed by atoms with E-state index in [1.165, 1.54) is 12.0 Å². The Kier molecular flexibility index (Phi) is 8.85. The number of rotatable bonds is 6. The number of anilines is 2. The first-order valence-electron chi connectivity index (χ1n) is 16.8. The van der Waals surface area contributed by atoms with Crippen molar-refractivity contribution in [2.24, 2.45) is 23.7 Å². The number of aromatic hydroxyl groups is 1. The Morgan fingerprint density at radius 2 is 1.58 bits per heavy atom. The van der Waals surface area contributed by atoms with Crippen LogP contribution in [0.4, 0.5) is 11.4 Å². The van der Waals surface area contributed by atoms with Crippen LogP contribution in [0.15, 0.2) is 106 Å². The first kappa shape index (κ1) is 35.0. The fourth-order valence-corrected chi connectivity index (χ4v) is 10.2. The van der Waals surface area contributed by atoms with E-state index >= 15 is 4.79 Å². The maximum Gasteiger partial charge on any atom is 0.260 e. The van der Waals surface area contributed by atoms with E-state index in [9.17, 15) is 19.5 Å². The summed E-state index contributed by atoms with van der Waals surface area (Å²) in [7, 11) is 1.45. The monoisotopic (exact) mass is 935 g/mol. The van der Waals surface area contributed by atoms with Crippen LogP contribution in [0.5, 0.6) is 11.5 Å². The van der Waals surface area contributed by atoms with Gasteiger partial charge in [0.2, 0.25) is 11.8 Å². The molecule has 52 heavy (non-hydrogen) atoms. The number of nitrogens with one attached hydrogen (secondary N) is 1. The Balaban J connectivity index is 1.36. The Labute approximate surface area is 330 Å². The highest BCUT2D eigenvalue weighted by atomic mass is 127. The van der Waals surface area contributed by atoms with E-state index in [0.29, 0.717) is 31.4 Å². The van der Waals surface area contributed by atoms with Crippen LogP contribution in [0.1, 0.15) is 35.4 Å². The molecule has 0 radical (unpaired) electrons. The van der Waals surface area contributed by atoms with E-state index < -0.39 is 46.8 Å². The van der Waals surface area contributed by atoms with E-state index in [2.05, 4.69) is 59.9 Å². The van der Waals surface area contributed by atoms with Crippen molar-refractivity contribution in [3.05, 3.63) is 126 Å². The molecule has 0 aromatic heterocycles. The molecular formula is C40H32Br2IN3O6. The number of phenols is 1. The zero-order valence-corrected chi connectivity index (χ0v) is 33.3. The molecule has 0 bridgehead atoms. The number of ether oxygens (including phenoxy) is 1. The van der Waals surface area contributed by atoms with E-state index in [1.807, 2.05) is 79.7 Å². The van der Waals surface area contributed by atoms with Crippen LogP contribution in [0.2, 0.25) is 0 Å². The smallest absolute Gasteiger partial charge is 0.260 e. The van der Waals surface area contributed by atoms with E-state index in [0.717, 1.165) is 19.7 Å². The summed E-state index contributed by atoms with van der Waals surface area (Å²) in [5.41, 5.74) is 5.78. The summed E-state index contributed by atoms with van der Waals surface area (Å²) in [6.07, 6.45) is 2.46. The second-order valence-electron chi connectivity index (χ2n) is 13.7. The van der Waals surface area contributed by atoms with Crippen LogP contribution in [0, 0.1) is 34.2 Å². The normalized spacial score (nSPS) is 26.6. The summed E-state index contributed by atoms with van der Waals surface area (Å²) in [6, 6.07) is 25.7. The zero-order chi connectivity index (χ0) is 36.6. The summed E-state index contributed by atoms with van der Waals surface area (Å²) < 4.78 is 7.40. The van der Waals surface area contributed by atoms with Gasteiger partial charge in [-0.3, -0.25) is 29.5 Å². The third-order valence-corrected chi connectivity index (χ3v) is 14.1. The molecule has 2 N–H and O–H groups in total. The van der Waals surface area contributed by atoms with Gasteiger partial charge < -0.3 is 9.84 Å². The molecule has 8 rings (SSSR count). The van der Waals surface area contributed by atoms with Gasteiger partial charge in [-0.25, -0.2) is 0 Å². The summed E-state index contributed by atoms with van der Waals surface area (Å²) in [6.45, 7) is 1.96. The fourth-order valence-electron chi connectivity index (χ4n) is 8.91. The molecule has 3 fully saturated rings. The molecule has 1 saturated carbocycles. The summed E-state index contributed by atoms with van der Waals surface area (Å²) >= 11 is 9.45. The topological polar surface area (TPSA) is 116 Å². The number of phenolic OH excluding ortho intramolecular Hbond substituents is 1. The van der Waals surface area contributed by atoms with Crippen LogP contribution in [0.25, 0.3) is 0 Å². The Morgan fingerprint density at radius 3 is 2.25 bits per heavy atom. The zero-order valence-electron chi connectivity index (χ0n) is 28.0. The van der Waals surface area contributed by atoms with Gasteiger partial charge in [0.05, 0.1) is 46.1 Å². The number of benzene rings is 4.